The molecule has 1 amide bonds. The number of carbonyl (C=O) groups excluding carboxylic acids is 1. The Morgan fingerprint density at radius 3 is 2.10 bits per heavy atom. The Balaban J connectivity index is 3.03. The highest BCUT2D eigenvalue weighted by Gasteiger charge is 2.12. The molecule has 0 fully saturated rings. The van der Waals surface area contributed by atoms with Crippen molar-refractivity contribution >= 4 is 12.1 Å². The lowest BCUT2D eigenvalue weighted by Gasteiger charge is -2.12. The molecule has 0 aromatic heterocycles. The quantitative estimate of drug-likeness (QED) is 0.637. The maximum Gasteiger partial charge on any atom is 0.242 e. The zero-order valence-corrected chi connectivity index (χ0v) is 12.4. The number of hydrogen-bond acceptors (Lipinski definition) is 5. The van der Waals surface area contributed by atoms with Crippen LogP contribution in [0, 0.1) is 5.92 Å². The van der Waals surface area contributed by atoms with Crippen LogP contribution in [0.4, 0.5) is 0 Å². The number of nitrogens with one attached hydrogen (secondary N) is 1. The van der Waals surface area contributed by atoms with Crippen LogP contribution < -0.4 is 19.6 Å². The molecular formula is C14H20N2O4. The minimum Gasteiger partial charge on any atom is -0.496 e. The maximum atomic E-state index is 11.4. The lowest BCUT2D eigenvalue weighted by molar-refractivity contribution is -0.123. The molecule has 0 radical (unpaired) electrons. The van der Waals surface area contributed by atoms with E-state index in [1.54, 1.807) is 33.1 Å². The Kier molecular flexibility index (Phi) is 5.83. The number of hydrazone groups is 1. The summed E-state index contributed by atoms with van der Waals surface area (Å²) in [4.78, 5) is 11.4. The summed E-state index contributed by atoms with van der Waals surface area (Å²) in [6.45, 7) is 3.58. The van der Waals surface area contributed by atoms with Gasteiger partial charge in [0, 0.05) is 18.1 Å². The first-order valence-corrected chi connectivity index (χ1v) is 6.16. The van der Waals surface area contributed by atoms with Crippen molar-refractivity contribution in [3.8, 4) is 17.2 Å². The van der Waals surface area contributed by atoms with Gasteiger partial charge in [0.15, 0.2) is 0 Å². The van der Waals surface area contributed by atoms with Gasteiger partial charge < -0.3 is 14.2 Å². The Morgan fingerprint density at radius 2 is 1.70 bits per heavy atom. The summed E-state index contributed by atoms with van der Waals surface area (Å²) in [5.41, 5.74) is 3.07. The van der Waals surface area contributed by atoms with E-state index in [1.165, 1.54) is 20.4 Å². The van der Waals surface area contributed by atoms with Crippen LogP contribution in [0.25, 0.3) is 0 Å². The summed E-state index contributed by atoms with van der Waals surface area (Å²) >= 11 is 0. The lowest BCUT2D eigenvalue weighted by Crippen LogP contribution is -2.22. The zero-order valence-electron chi connectivity index (χ0n) is 12.4. The molecule has 6 heteroatoms. The number of carbonyl (C=O) groups is 1. The summed E-state index contributed by atoms with van der Waals surface area (Å²) in [5, 5.41) is 3.91. The third-order valence-electron chi connectivity index (χ3n) is 2.65. The molecule has 0 saturated heterocycles. The third kappa shape index (κ3) is 3.88. The van der Waals surface area contributed by atoms with Crippen LogP contribution in [0.1, 0.15) is 19.4 Å². The van der Waals surface area contributed by atoms with E-state index in [0.29, 0.717) is 22.8 Å². The van der Waals surface area contributed by atoms with Gasteiger partial charge in [-0.1, -0.05) is 13.8 Å². The summed E-state index contributed by atoms with van der Waals surface area (Å²) < 4.78 is 15.7. The first-order valence-electron chi connectivity index (χ1n) is 6.16. The predicted octanol–water partition coefficient (Wildman–Crippen LogP) is 1.82. The second-order valence-electron chi connectivity index (χ2n) is 4.33. The standard InChI is InChI=1S/C14H20N2O4/c1-9(2)14(17)16-15-8-11-12(19-4)6-10(18-3)7-13(11)20-5/h6-9H,1-5H3,(H,16,17)/b15-8-. The van der Waals surface area contributed by atoms with E-state index in [2.05, 4.69) is 10.5 Å². The first kappa shape index (κ1) is 15.8. The van der Waals surface area contributed by atoms with Gasteiger partial charge in [0.25, 0.3) is 0 Å². The maximum absolute atomic E-state index is 11.4. The molecule has 0 unspecified atom stereocenters. The molecular weight excluding hydrogens is 260 g/mol. The van der Waals surface area contributed by atoms with E-state index in [4.69, 9.17) is 14.2 Å². The summed E-state index contributed by atoms with van der Waals surface area (Å²) in [6.07, 6.45) is 1.48. The minimum atomic E-state index is -0.160. The second-order valence-corrected chi connectivity index (χ2v) is 4.33. The van der Waals surface area contributed by atoms with Crippen molar-refractivity contribution in [2.24, 2.45) is 11.0 Å². The van der Waals surface area contributed by atoms with Crippen LogP contribution in [0.15, 0.2) is 17.2 Å². The van der Waals surface area contributed by atoms with E-state index in [-0.39, 0.29) is 11.8 Å². The molecule has 0 saturated carbocycles. The predicted molar refractivity (Wildman–Crippen MR) is 76.7 cm³/mol. The molecule has 110 valence electrons. The van der Waals surface area contributed by atoms with Gasteiger partial charge in [0.2, 0.25) is 5.91 Å². The number of nitrogens with zero attached hydrogens (tertiary/aromatic N) is 1. The van der Waals surface area contributed by atoms with E-state index < -0.39 is 0 Å². The zero-order chi connectivity index (χ0) is 15.1. The molecule has 0 aliphatic rings. The van der Waals surface area contributed by atoms with Crippen molar-refractivity contribution in [2.75, 3.05) is 21.3 Å². The Bertz CT molecular complexity index is 473. The van der Waals surface area contributed by atoms with Gasteiger partial charge in [0.1, 0.15) is 17.2 Å². The molecule has 1 N–H and O–H groups in total. The van der Waals surface area contributed by atoms with Crippen LogP contribution in [-0.2, 0) is 4.79 Å². The number of methoxy groups -OCH3 is 3. The van der Waals surface area contributed by atoms with Crippen molar-refractivity contribution < 1.29 is 19.0 Å². The fourth-order valence-corrected chi connectivity index (χ4v) is 1.45. The van der Waals surface area contributed by atoms with Crippen molar-refractivity contribution in [2.45, 2.75) is 13.8 Å². The molecule has 0 spiro atoms. The molecule has 0 aliphatic heterocycles. The normalized spacial score (nSPS) is 10.7. The highest BCUT2D eigenvalue weighted by Crippen LogP contribution is 2.32. The second kappa shape index (κ2) is 7.37. The highest BCUT2D eigenvalue weighted by atomic mass is 16.5. The molecule has 6 nitrogen and oxygen atoms in total. The van der Waals surface area contributed by atoms with Crippen molar-refractivity contribution in [1.82, 2.24) is 5.43 Å². The van der Waals surface area contributed by atoms with Crippen LogP contribution >= 0.6 is 0 Å². The lowest BCUT2D eigenvalue weighted by atomic mass is 10.2. The van der Waals surface area contributed by atoms with Crippen molar-refractivity contribution in [3.63, 3.8) is 0 Å². The molecule has 0 aliphatic carbocycles. The van der Waals surface area contributed by atoms with E-state index >= 15 is 0 Å². The summed E-state index contributed by atoms with van der Waals surface area (Å²) in [7, 11) is 4.64. The Labute approximate surface area is 118 Å². The van der Waals surface area contributed by atoms with Gasteiger partial charge in [-0.2, -0.15) is 5.10 Å². The Hall–Kier alpha value is -2.24. The van der Waals surface area contributed by atoms with Crippen molar-refractivity contribution in [3.05, 3.63) is 17.7 Å². The minimum absolute atomic E-state index is 0.133. The first-order chi connectivity index (χ1) is 9.53. The molecule has 1 aromatic rings. The number of benzene rings is 1. The molecule has 0 bridgehead atoms. The molecule has 1 aromatic carbocycles. The molecule has 20 heavy (non-hydrogen) atoms. The smallest absolute Gasteiger partial charge is 0.242 e. The summed E-state index contributed by atoms with van der Waals surface area (Å²) in [6, 6.07) is 3.43. The molecule has 0 heterocycles. The highest BCUT2D eigenvalue weighted by molar-refractivity contribution is 5.89. The average Bonchev–Trinajstić information content (AvgIpc) is 2.46. The number of amides is 1. The van der Waals surface area contributed by atoms with Crippen LogP contribution in [-0.4, -0.2) is 33.5 Å². The van der Waals surface area contributed by atoms with Crippen molar-refractivity contribution in [1.29, 1.82) is 0 Å². The van der Waals surface area contributed by atoms with E-state index in [0.717, 1.165) is 0 Å². The largest absolute Gasteiger partial charge is 0.496 e. The van der Waals surface area contributed by atoms with Crippen LogP contribution in [0.3, 0.4) is 0 Å². The Morgan fingerprint density at radius 1 is 1.15 bits per heavy atom. The van der Waals surface area contributed by atoms with Crippen LogP contribution in [0.2, 0.25) is 0 Å². The van der Waals surface area contributed by atoms with E-state index in [1.807, 2.05) is 0 Å². The number of ether oxygens (including phenoxy) is 3. The fourth-order valence-electron chi connectivity index (χ4n) is 1.45. The van der Waals surface area contributed by atoms with Gasteiger partial charge >= 0.3 is 0 Å². The number of rotatable bonds is 6. The molecule has 0 atom stereocenters. The van der Waals surface area contributed by atoms with Gasteiger partial charge in [-0.05, 0) is 0 Å². The average molecular weight is 280 g/mol. The number of hydrogen-bond donors (Lipinski definition) is 1. The van der Waals surface area contributed by atoms with Gasteiger partial charge in [0.05, 0.1) is 33.1 Å². The SMILES string of the molecule is COc1cc(OC)c(/C=N\NC(=O)C(C)C)c(OC)c1. The van der Waals surface area contributed by atoms with Crippen LogP contribution in [0.5, 0.6) is 17.2 Å². The summed E-state index contributed by atoms with van der Waals surface area (Å²) in [5.74, 6) is 1.41. The topological polar surface area (TPSA) is 69.2 Å². The van der Waals surface area contributed by atoms with Gasteiger partial charge in [-0.3, -0.25) is 4.79 Å². The molecule has 1 rings (SSSR count). The van der Waals surface area contributed by atoms with Gasteiger partial charge in [-0.25, -0.2) is 5.43 Å². The van der Waals surface area contributed by atoms with Gasteiger partial charge in [-0.15, -0.1) is 0 Å². The van der Waals surface area contributed by atoms with E-state index in [9.17, 15) is 4.79 Å². The fraction of sp³-hybridized carbons (Fsp3) is 0.429. The third-order valence-corrected chi connectivity index (χ3v) is 2.65. The monoisotopic (exact) mass is 280 g/mol.